The van der Waals surface area contributed by atoms with Crippen LogP contribution in [0.15, 0.2) is 78.9 Å². The lowest BCUT2D eigenvalue weighted by molar-refractivity contribution is -0.121. The first-order chi connectivity index (χ1) is 13.6. The van der Waals surface area contributed by atoms with Gasteiger partial charge in [0.1, 0.15) is 5.75 Å². The number of hydrogen-bond acceptors (Lipinski definition) is 2. The predicted octanol–water partition coefficient (Wildman–Crippen LogP) is 5.15. The van der Waals surface area contributed by atoms with Gasteiger partial charge < -0.3 is 10.1 Å². The number of amides is 1. The van der Waals surface area contributed by atoms with E-state index in [-0.39, 0.29) is 12.0 Å². The molecule has 0 radical (unpaired) electrons. The van der Waals surface area contributed by atoms with E-state index in [1.807, 2.05) is 68.4 Å². The van der Waals surface area contributed by atoms with Crippen molar-refractivity contribution in [2.75, 3.05) is 5.32 Å². The highest BCUT2D eigenvalue weighted by Crippen LogP contribution is 2.40. The Morgan fingerprint density at radius 1 is 0.857 bits per heavy atom. The lowest BCUT2D eigenvalue weighted by Gasteiger charge is -2.28. The fraction of sp³-hybridized carbons (Fsp3) is 0.240. The molecule has 3 heteroatoms. The molecule has 0 atom stereocenters. The third-order valence-electron chi connectivity index (χ3n) is 5.35. The Morgan fingerprint density at radius 3 is 2.00 bits per heavy atom. The lowest BCUT2D eigenvalue weighted by atomic mass is 9.76. The number of benzene rings is 3. The van der Waals surface area contributed by atoms with Crippen molar-refractivity contribution in [2.45, 2.75) is 38.2 Å². The van der Waals surface area contributed by atoms with Crippen LogP contribution in [0, 0.1) is 0 Å². The second-order valence-electron chi connectivity index (χ2n) is 7.72. The van der Waals surface area contributed by atoms with Crippen LogP contribution in [0.25, 0.3) is 0 Å². The lowest BCUT2D eigenvalue weighted by Crippen LogP contribution is -2.41. The van der Waals surface area contributed by atoms with Crippen molar-refractivity contribution in [1.29, 1.82) is 0 Å². The van der Waals surface area contributed by atoms with Crippen molar-refractivity contribution >= 4 is 11.6 Å². The fourth-order valence-electron chi connectivity index (χ4n) is 4.01. The van der Waals surface area contributed by atoms with Gasteiger partial charge in [0.15, 0.2) is 0 Å². The zero-order valence-electron chi connectivity index (χ0n) is 16.3. The standard InChI is InChI=1S/C25H25NO2/c1-18(2)28-23-14-12-22(13-15-23)26-24(27)25(21-10-4-3-5-11-21)16-19-8-6-7-9-20(19)17-25/h3-15,18H,16-17H2,1-2H3,(H,26,27). The highest BCUT2D eigenvalue weighted by atomic mass is 16.5. The van der Waals surface area contributed by atoms with Crippen molar-refractivity contribution in [1.82, 2.24) is 0 Å². The van der Waals surface area contributed by atoms with Crippen molar-refractivity contribution < 1.29 is 9.53 Å². The molecule has 28 heavy (non-hydrogen) atoms. The molecule has 0 bridgehead atoms. The number of carbonyl (C=O) groups excluding carboxylic acids is 1. The van der Waals surface area contributed by atoms with Crippen LogP contribution in [-0.4, -0.2) is 12.0 Å². The van der Waals surface area contributed by atoms with Gasteiger partial charge in [-0.2, -0.15) is 0 Å². The van der Waals surface area contributed by atoms with Crippen LogP contribution < -0.4 is 10.1 Å². The van der Waals surface area contributed by atoms with E-state index in [1.165, 1.54) is 11.1 Å². The summed E-state index contributed by atoms with van der Waals surface area (Å²) < 4.78 is 5.69. The van der Waals surface area contributed by atoms with Gasteiger partial charge in [0.05, 0.1) is 11.5 Å². The SMILES string of the molecule is CC(C)Oc1ccc(NC(=O)C2(c3ccccc3)Cc3ccccc3C2)cc1. The third-order valence-corrected chi connectivity index (χ3v) is 5.35. The van der Waals surface area contributed by atoms with Gasteiger partial charge in [-0.1, -0.05) is 54.6 Å². The second kappa shape index (κ2) is 7.51. The molecule has 0 fully saturated rings. The molecule has 3 nitrogen and oxygen atoms in total. The number of anilines is 1. The second-order valence-corrected chi connectivity index (χ2v) is 7.72. The molecular formula is C25H25NO2. The summed E-state index contributed by atoms with van der Waals surface area (Å²) >= 11 is 0. The third kappa shape index (κ3) is 3.53. The van der Waals surface area contributed by atoms with Crippen LogP contribution in [0.1, 0.15) is 30.5 Å². The Hall–Kier alpha value is -3.07. The van der Waals surface area contributed by atoms with Crippen LogP contribution in [0.3, 0.4) is 0 Å². The van der Waals surface area contributed by atoms with E-state index < -0.39 is 5.41 Å². The number of rotatable bonds is 5. The highest BCUT2D eigenvalue weighted by molar-refractivity contribution is 6.00. The van der Waals surface area contributed by atoms with Crippen LogP contribution in [0.2, 0.25) is 0 Å². The van der Waals surface area contributed by atoms with Crippen LogP contribution >= 0.6 is 0 Å². The summed E-state index contributed by atoms with van der Waals surface area (Å²) in [6, 6.07) is 26.1. The Balaban J connectivity index is 1.62. The van der Waals surface area contributed by atoms with Gasteiger partial charge in [0.2, 0.25) is 5.91 Å². The van der Waals surface area contributed by atoms with E-state index in [1.54, 1.807) is 0 Å². The minimum Gasteiger partial charge on any atom is -0.491 e. The normalized spacial score (nSPS) is 14.5. The zero-order chi connectivity index (χ0) is 19.6. The first kappa shape index (κ1) is 18.3. The van der Waals surface area contributed by atoms with Crippen molar-refractivity contribution in [3.05, 3.63) is 95.6 Å². The molecule has 1 aliphatic carbocycles. The Labute approximate surface area is 166 Å². The summed E-state index contributed by atoms with van der Waals surface area (Å²) in [7, 11) is 0. The molecule has 3 aromatic rings. The van der Waals surface area contributed by atoms with Crippen molar-refractivity contribution in [3.63, 3.8) is 0 Å². The maximum absolute atomic E-state index is 13.5. The summed E-state index contributed by atoms with van der Waals surface area (Å²) in [6.07, 6.45) is 1.56. The molecule has 1 amide bonds. The fourth-order valence-corrected chi connectivity index (χ4v) is 4.01. The molecule has 0 heterocycles. The Bertz CT molecular complexity index is 936. The maximum atomic E-state index is 13.5. The number of fused-ring (bicyclic) bond motifs is 1. The van der Waals surface area contributed by atoms with E-state index >= 15 is 0 Å². The zero-order valence-corrected chi connectivity index (χ0v) is 16.3. The monoisotopic (exact) mass is 371 g/mol. The summed E-state index contributed by atoms with van der Waals surface area (Å²) in [4.78, 5) is 13.5. The van der Waals surface area contributed by atoms with E-state index in [9.17, 15) is 4.79 Å². The van der Waals surface area contributed by atoms with Crippen LogP contribution in [0.4, 0.5) is 5.69 Å². The molecule has 0 aromatic heterocycles. The largest absolute Gasteiger partial charge is 0.491 e. The van der Waals surface area contributed by atoms with E-state index in [2.05, 4.69) is 29.6 Å². The minimum atomic E-state index is -0.585. The minimum absolute atomic E-state index is 0.0347. The van der Waals surface area contributed by atoms with Gasteiger partial charge in [0.25, 0.3) is 0 Å². The first-order valence-corrected chi connectivity index (χ1v) is 9.77. The van der Waals surface area contributed by atoms with Crippen LogP contribution in [0.5, 0.6) is 5.75 Å². The van der Waals surface area contributed by atoms with E-state index in [0.717, 1.165) is 17.0 Å². The summed E-state index contributed by atoms with van der Waals surface area (Å²) in [5.41, 5.74) is 3.76. The summed E-state index contributed by atoms with van der Waals surface area (Å²) in [5.74, 6) is 0.839. The summed E-state index contributed by atoms with van der Waals surface area (Å²) in [5, 5.41) is 3.14. The maximum Gasteiger partial charge on any atom is 0.235 e. The van der Waals surface area contributed by atoms with E-state index in [0.29, 0.717) is 12.8 Å². The average Bonchev–Trinajstić information content (AvgIpc) is 3.11. The van der Waals surface area contributed by atoms with Crippen molar-refractivity contribution in [3.8, 4) is 5.75 Å². The number of ether oxygens (including phenoxy) is 1. The van der Waals surface area contributed by atoms with E-state index in [4.69, 9.17) is 4.74 Å². The topological polar surface area (TPSA) is 38.3 Å². The number of hydrogen-bond donors (Lipinski definition) is 1. The molecule has 0 aliphatic heterocycles. The Kier molecular flexibility index (Phi) is 4.91. The van der Waals surface area contributed by atoms with Gasteiger partial charge in [-0.25, -0.2) is 0 Å². The van der Waals surface area contributed by atoms with Gasteiger partial charge in [-0.05, 0) is 67.6 Å². The molecule has 0 saturated carbocycles. The van der Waals surface area contributed by atoms with Gasteiger partial charge >= 0.3 is 0 Å². The Morgan fingerprint density at radius 2 is 1.43 bits per heavy atom. The average molecular weight is 371 g/mol. The molecule has 3 aromatic carbocycles. The van der Waals surface area contributed by atoms with Crippen molar-refractivity contribution in [2.24, 2.45) is 0 Å². The highest BCUT2D eigenvalue weighted by Gasteiger charge is 2.45. The molecule has 142 valence electrons. The summed E-state index contributed by atoms with van der Waals surface area (Å²) in [6.45, 7) is 3.99. The first-order valence-electron chi connectivity index (χ1n) is 9.77. The molecule has 0 saturated heterocycles. The van der Waals surface area contributed by atoms with Gasteiger partial charge in [-0.15, -0.1) is 0 Å². The molecule has 1 N–H and O–H groups in total. The van der Waals surface area contributed by atoms with Crippen LogP contribution in [-0.2, 0) is 23.1 Å². The van der Waals surface area contributed by atoms with Gasteiger partial charge in [0, 0.05) is 5.69 Å². The predicted molar refractivity (Wildman–Crippen MR) is 113 cm³/mol. The number of carbonyl (C=O) groups is 1. The smallest absolute Gasteiger partial charge is 0.235 e. The molecule has 4 rings (SSSR count). The molecule has 0 unspecified atom stereocenters. The quantitative estimate of drug-likeness (QED) is 0.674. The number of nitrogens with one attached hydrogen (secondary N) is 1. The molecular weight excluding hydrogens is 346 g/mol. The molecule has 1 aliphatic rings. The molecule has 0 spiro atoms. The van der Waals surface area contributed by atoms with Gasteiger partial charge in [-0.3, -0.25) is 4.79 Å².